The first-order chi connectivity index (χ1) is 8.21. The molecule has 1 aromatic rings. The van der Waals surface area contributed by atoms with Gasteiger partial charge in [-0.25, -0.2) is 0 Å². The van der Waals surface area contributed by atoms with Crippen molar-refractivity contribution in [3.8, 4) is 0 Å². The number of hydrogen-bond donors (Lipinski definition) is 0. The first kappa shape index (κ1) is 14.5. The molecule has 0 fully saturated rings. The van der Waals surface area contributed by atoms with Gasteiger partial charge in [0.15, 0.2) is 6.29 Å². The Kier molecular flexibility index (Phi) is 6.58. The zero-order chi connectivity index (χ0) is 12.7. The van der Waals surface area contributed by atoms with Crippen molar-refractivity contribution in [3.63, 3.8) is 0 Å². The van der Waals surface area contributed by atoms with Gasteiger partial charge in [-0.05, 0) is 19.1 Å². The van der Waals surface area contributed by atoms with Crippen LogP contribution in [0.4, 0.5) is 0 Å². The molecule has 0 heterocycles. The Labute approximate surface area is 107 Å². The highest BCUT2D eigenvalue weighted by molar-refractivity contribution is 7.99. The van der Waals surface area contributed by atoms with Crippen LogP contribution in [0.1, 0.15) is 18.8 Å². The first-order valence-electron chi connectivity index (χ1n) is 5.52. The zero-order valence-corrected chi connectivity index (χ0v) is 11.6. The van der Waals surface area contributed by atoms with E-state index in [1.54, 1.807) is 33.1 Å². The molecule has 0 aromatic heterocycles. The van der Waals surface area contributed by atoms with Gasteiger partial charge in [0.1, 0.15) is 0 Å². The average molecular weight is 256 g/mol. The van der Waals surface area contributed by atoms with Crippen molar-refractivity contribution in [2.45, 2.75) is 24.2 Å². The normalized spacial score (nSPS) is 13.0. The Morgan fingerprint density at radius 2 is 1.59 bits per heavy atom. The van der Waals surface area contributed by atoms with Gasteiger partial charge in [0.05, 0.1) is 6.10 Å². The van der Waals surface area contributed by atoms with Crippen LogP contribution in [0, 0.1) is 0 Å². The van der Waals surface area contributed by atoms with Crippen LogP contribution in [0.3, 0.4) is 0 Å². The lowest BCUT2D eigenvalue weighted by atomic mass is 10.2. The highest BCUT2D eigenvalue weighted by Gasteiger charge is 2.08. The molecule has 1 unspecified atom stereocenters. The Hall–Kier alpha value is -0.550. The van der Waals surface area contributed by atoms with E-state index in [1.807, 2.05) is 12.1 Å². The number of rotatable bonds is 7. The summed E-state index contributed by atoms with van der Waals surface area (Å²) in [6, 6.07) is 8.20. The van der Waals surface area contributed by atoms with Crippen molar-refractivity contribution in [2.24, 2.45) is 0 Å². The smallest absolute Gasteiger partial charge is 0.183 e. The molecule has 1 rings (SSSR count). The highest BCUT2D eigenvalue weighted by atomic mass is 32.2. The van der Waals surface area contributed by atoms with E-state index in [0.29, 0.717) is 0 Å². The predicted octanol–water partition coefficient (Wildman–Crippen LogP) is 3.11. The van der Waals surface area contributed by atoms with Gasteiger partial charge in [0.2, 0.25) is 0 Å². The van der Waals surface area contributed by atoms with Gasteiger partial charge in [-0.1, -0.05) is 12.1 Å². The van der Waals surface area contributed by atoms with Crippen LogP contribution in [0.2, 0.25) is 0 Å². The topological polar surface area (TPSA) is 27.7 Å². The monoisotopic (exact) mass is 256 g/mol. The molecule has 1 aromatic carbocycles. The third-order valence-electron chi connectivity index (χ3n) is 2.47. The third-order valence-corrected chi connectivity index (χ3v) is 3.71. The fraction of sp³-hybridized carbons (Fsp3) is 0.538. The lowest BCUT2D eigenvalue weighted by molar-refractivity contribution is -0.106. The summed E-state index contributed by atoms with van der Waals surface area (Å²) in [7, 11) is 5.00. The highest BCUT2D eigenvalue weighted by Crippen LogP contribution is 2.23. The van der Waals surface area contributed by atoms with Crippen molar-refractivity contribution in [1.82, 2.24) is 0 Å². The average Bonchev–Trinajstić information content (AvgIpc) is 2.38. The second-order valence-electron chi connectivity index (χ2n) is 3.73. The van der Waals surface area contributed by atoms with Crippen molar-refractivity contribution < 1.29 is 14.2 Å². The number of benzene rings is 1. The van der Waals surface area contributed by atoms with Crippen LogP contribution in [-0.2, 0) is 14.2 Å². The Bertz CT molecular complexity index is 309. The second kappa shape index (κ2) is 7.71. The Morgan fingerprint density at radius 3 is 2.06 bits per heavy atom. The number of hydrogen-bond acceptors (Lipinski definition) is 4. The number of ether oxygens (including phenoxy) is 3. The van der Waals surface area contributed by atoms with Crippen molar-refractivity contribution in [1.29, 1.82) is 0 Å². The van der Waals surface area contributed by atoms with E-state index in [4.69, 9.17) is 14.2 Å². The number of methoxy groups -OCH3 is 3. The van der Waals surface area contributed by atoms with Gasteiger partial charge in [0, 0.05) is 37.5 Å². The SMILES string of the molecule is COC(C)CSc1ccc(C(OC)OC)cc1. The summed E-state index contributed by atoms with van der Waals surface area (Å²) in [6.07, 6.45) is -0.0164. The van der Waals surface area contributed by atoms with Gasteiger partial charge in [-0.15, -0.1) is 11.8 Å². The lowest BCUT2D eigenvalue weighted by Gasteiger charge is -2.14. The van der Waals surface area contributed by atoms with E-state index in [0.717, 1.165) is 11.3 Å². The van der Waals surface area contributed by atoms with Gasteiger partial charge >= 0.3 is 0 Å². The van der Waals surface area contributed by atoms with Crippen LogP contribution in [0.15, 0.2) is 29.2 Å². The molecule has 96 valence electrons. The van der Waals surface area contributed by atoms with Crippen LogP contribution in [-0.4, -0.2) is 33.2 Å². The van der Waals surface area contributed by atoms with Gasteiger partial charge in [-0.3, -0.25) is 0 Å². The Balaban J connectivity index is 2.55. The van der Waals surface area contributed by atoms with E-state index in [2.05, 4.69) is 19.1 Å². The minimum Gasteiger partial charge on any atom is -0.381 e. The molecule has 0 aliphatic rings. The number of thioether (sulfide) groups is 1. The molecule has 1 atom stereocenters. The Morgan fingerprint density at radius 1 is 1.00 bits per heavy atom. The summed E-state index contributed by atoms with van der Waals surface area (Å²) in [5, 5.41) is 0. The largest absolute Gasteiger partial charge is 0.381 e. The third kappa shape index (κ3) is 4.68. The fourth-order valence-electron chi connectivity index (χ4n) is 1.37. The molecule has 17 heavy (non-hydrogen) atoms. The van der Waals surface area contributed by atoms with Crippen molar-refractivity contribution in [3.05, 3.63) is 29.8 Å². The maximum Gasteiger partial charge on any atom is 0.183 e. The van der Waals surface area contributed by atoms with E-state index in [9.17, 15) is 0 Å². The molecule has 0 saturated carbocycles. The second-order valence-corrected chi connectivity index (χ2v) is 4.82. The van der Waals surface area contributed by atoms with Crippen LogP contribution >= 0.6 is 11.8 Å². The van der Waals surface area contributed by atoms with E-state index < -0.39 is 0 Å². The van der Waals surface area contributed by atoms with Gasteiger partial charge in [-0.2, -0.15) is 0 Å². The molecular weight excluding hydrogens is 236 g/mol. The molecule has 4 heteroatoms. The molecule has 0 saturated heterocycles. The first-order valence-corrected chi connectivity index (χ1v) is 6.51. The maximum absolute atomic E-state index is 5.21. The fourth-order valence-corrected chi connectivity index (χ4v) is 2.26. The summed E-state index contributed by atoms with van der Waals surface area (Å²) in [5.41, 5.74) is 1.03. The van der Waals surface area contributed by atoms with Crippen LogP contribution in [0.5, 0.6) is 0 Å². The van der Waals surface area contributed by atoms with E-state index in [1.165, 1.54) is 4.90 Å². The van der Waals surface area contributed by atoms with Gasteiger partial charge < -0.3 is 14.2 Å². The molecule has 3 nitrogen and oxygen atoms in total. The zero-order valence-electron chi connectivity index (χ0n) is 10.8. The van der Waals surface area contributed by atoms with Gasteiger partial charge in [0.25, 0.3) is 0 Å². The molecular formula is C13H20O3S. The molecule has 0 radical (unpaired) electrons. The summed E-state index contributed by atoms with van der Waals surface area (Å²) in [5.74, 6) is 0.952. The molecule has 0 N–H and O–H groups in total. The summed E-state index contributed by atoms with van der Waals surface area (Å²) >= 11 is 1.78. The minimum absolute atomic E-state index is 0.269. The standard InChI is InChI=1S/C13H20O3S/c1-10(14-2)9-17-12-7-5-11(6-8-12)13(15-3)16-4/h5-8,10,13H,9H2,1-4H3. The quantitative estimate of drug-likeness (QED) is 0.553. The molecule has 0 aliphatic carbocycles. The lowest BCUT2D eigenvalue weighted by Crippen LogP contribution is -2.07. The maximum atomic E-state index is 5.21. The summed E-state index contributed by atoms with van der Waals surface area (Å²) < 4.78 is 15.6. The molecule has 0 aliphatic heterocycles. The van der Waals surface area contributed by atoms with Crippen LogP contribution in [0.25, 0.3) is 0 Å². The van der Waals surface area contributed by atoms with Crippen LogP contribution < -0.4 is 0 Å². The van der Waals surface area contributed by atoms with Crippen molar-refractivity contribution in [2.75, 3.05) is 27.1 Å². The van der Waals surface area contributed by atoms with E-state index >= 15 is 0 Å². The minimum atomic E-state index is -0.285. The van der Waals surface area contributed by atoms with E-state index in [-0.39, 0.29) is 12.4 Å². The molecule has 0 spiro atoms. The van der Waals surface area contributed by atoms with Crippen molar-refractivity contribution >= 4 is 11.8 Å². The summed E-state index contributed by atoms with van der Waals surface area (Å²) in [6.45, 7) is 2.06. The summed E-state index contributed by atoms with van der Waals surface area (Å²) in [4.78, 5) is 1.23. The molecule has 0 bridgehead atoms. The predicted molar refractivity (Wildman–Crippen MR) is 70.4 cm³/mol. The molecule has 0 amide bonds.